The predicted octanol–water partition coefficient (Wildman–Crippen LogP) is 2.53. The van der Waals surface area contributed by atoms with Gasteiger partial charge in [0.15, 0.2) is 5.43 Å². The molecule has 0 spiro atoms. The van der Waals surface area contributed by atoms with Gasteiger partial charge < -0.3 is 13.9 Å². The van der Waals surface area contributed by atoms with Crippen LogP contribution in [0.1, 0.15) is 20.7 Å². The molecule has 2 aromatic rings. The van der Waals surface area contributed by atoms with Gasteiger partial charge in [-0.2, -0.15) is 0 Å². The maximum atomic E-state index is 12.1. The van der Waals surface area contributed by atoms with Gasteiger partial charge in [-0.1, -0.05) is 6.07 Å². The SMILES string of the molecule is COC(=O)c1cccc(C(=O)OC)c1-c1c(Cl)occc1=O. The van der Waals surface area contributed by atoms with Crippen molar-refractivity contribution in [1.82, 2.24) is 0 Å². The molecular formula is C15H11ClO6. The molecule has 7 heteroatoms. The summed E-state index contributed by atoms with van der Waals surface area (Å²) in [4.78, 5) is 36.0. The average Bonchev–Trinajstić information content (AvgIpc) is 2.53. The van der Waals surface area contributed by atoms with Gasteiger partial charge in [-0.3, -0.25) is 4.79 Å². The first-order valence-electron chi connectivity index (χ1n) is 6.08. The molecular weight excluding hydrogens is 312 g/mol. The number of hydrogen-bond acceptors (Lipinski definition) is 6. The molecule has 1 heterocycles. The summed E-state index contributed by atoms with van der Waals surface area (Å²) in [5.74, 6) is -1.44. The topological polar surface area (TPSA) is 82.8 Å². The van der Waals surface area contributed by atoms with Crippen molar-refractivity contribution in [1.29, 1.82) is 0 Å². The number of methoxy groups -OCH3 is 2. The number of esters is 2. The molecule has 0 aliphatic carbocycles. The minimum absolute atomic E-state index is 0.00537. The maximum Gasteiger partial charge on any atom is 0.338 e. The first-order valence-corrected chi connectivity index (χ1v) is 6.46. The predicted molar refractivity (Wildman–Crippen MR) is 78.1 cm³/mol. The molecule has 0 radical (unpaired) electrons. The fraction of sp³-hybridized carbons (Fsp3) is 0.133. The number of hydrogen-bond donors (Lipinski definition) is 0. The van der Waals surface area contributed by atoms with E-state index >= 15 is 0 Å². The highest BCUT2D eigenvalue weighted by Crippen LogP contribution is 2.31. The molecule has 0 saturated heterocycles. The lowest BCUT2D eigenvalue weighted by Gasteiger charge is -2.12. The van der Waals surface area contributed by atoms with E-state index in [0.717, 1.165) is 12.3 Å². The van der Waals surface area contributed by atoms with Crippen molar-refractivity contribution in [3.05, 3.63) is 57.1 Å². The van der Waals surface area contributed by atoms with E-state index in [4.69, 9.17) is 16.0 Å². The highest BCUT2D eigenvalue weighted by Gasteiger charge is 2.25. The van der Waals surface area contributed by atoms with Crippen LogP contribution in [0.25, 0.3) is 11.1 Å². The summed E-state index contributed by atoms with van der Waals surface area (Å²) in [6.45, 7) is 0. The summed E-state index contributed by atoms with van der Waals surface area (Å²) in [5.41, 5.74) is -0.583. The summed E-state index contributed by atoms with van der Waals surface area (Å²) < 4.78 is 14.4. The molecule has 0 atom stereocenters. The third-order valence-electron chi connectivity index (χ3n) is 2.96. The first kappa shape index (κ1) is 15.8. The molecule has 0 N–H and O–H groups in total. The Morgan fingerprint density at radius 2 is 1.55 bits per heavy atom. The van der Waals surface area contributed by atoms with Gasteiger partial charge in [0.05, 0.1) is 37.2 Å². The van der Waals surface area contributed by atoms with Crippen LogP contribution in [0, 0.1) is 0 Å². The summed E-state index contributed by atoms with van der Waals surface area (Å²) in [5, 5.41) is -0.242. The molecule has 1 aromatic carbocycles. The van der Waals surface area contributed by atoms with Crippen LogP contribution < -0.4 is 5.43 Å². The molecule has 0 fully saturated rings. The van der Waals surface area contributed by atoms with Gasteiger partial charge in [-0.25, -0.2) is 9.59 Å². The first-order chi connectivity index (χ1) is 10.5. The Hall–Kier alpha value is -2.60. The van der Waals surface area contributed by atoms with Gasteiger partial charge in [0.2, 0.25) is 5.22 Å². The molecule has 1 aromatic heterocycles. The van der Waals surface area contributed by atoms with Crippen LogP contribution in [0.2, 0.25) is 5.22 Å². The summed E-state index contributed by atoms with van der Waals surface area (Å²) in [6, 6.07) is 5.43. The monoisotopic (exact) mass is 322 g/mol. The minimum atomic E-state index is -0.722. The third-order valence-corrected chi connectivity index (χ3v) is 3.24. The van der Waals surface area contributed by atoms with Gasteiger partial charge in [0.1, 0.15) is 0 Å². The van der Waals surface area contributed by atoms with Crippen molar-refractivity contribution in [3.8, 4) is 11.1 Å². The second kappa shape index (κ2) is 6.44. The van der Waals surface area contributed by atoms with Crippen LogP contribution in [-0.4, -0.2) is 26.2 Å². The number of carbonyl (C=O) groups is 2. The van der Waals surface area contributed by atoms with Crippen molar-refractivity contribution in [2.75, 3.05) is 14.2 Å². The van der Waals surface area contributed by atoms with Crippen LogP contribution in [-0.2, 0) is 9.47 Å². The van der Waals surface area contributed by atoms with E-state index in [-0.39, 0.29) is 27.5 Å². The zero-order valence-electron chi connectivity index (χ0n) is 11.7. The van der Waals surface area contributed by atoms with Gasteiger partial charge in [-0.05, 0) is 23.7 Å². The van der Waals surface area contributed by atoms with Crippen LogP contribution in [0.4, 0.5) is 0 Å². The highest BCUT2D eigenvalue weighted by atomic mass is 35.5. The second-order valence-corrected chi connectivity index (χ2v) is 4.49. The lowest BCUT2D eigenvalue weighted by atomic mass is 9.95. The minimum Gasteiger partial charge on any atom is -0.465 e. The van der Waals surface area contributed by atoms with Gasteiger partial charge in [0.25, 0.3) is 0 Å². The molecule has 6 nitrogen and oxygen atoms in total. The van der Waals surface area contributed by atoms with Gasteiger partial charge >= 0.3 is 11.9 Å². The van der Waals surface area contributed by atoms with Crippen molar-refractivity contribution in [2.45, 2.75) is 0 Å². The van der Waals surface area contributed by atoms with Crippen molar-refractivity contribution < 1.29 is 23.5 Å². The Kier molecular flexibility index (Phi) is 4.62. The Balaban J connectivity index is 2.90. The Labute approximate surface area is 130 Å². The second-order valence-electron chi connectivity index (χ2n) is 4.14. The smallest absolute Gasteiger partial charge is 0.338 e. The number of benzene rings is 1. The van der Waals surface area contributed by atoms with Crippen LogP contribution >= 0.6 is 11.6 Å². The molecule has 0 amide bonds. The zero-order valence-corrected chi connectivity index (χ0v) is 12.5. The summed E-state index contributed by atoms with van der Waals surface area (Å²) in [7, 11) is 2.37. The van der Waals surface area contributed by atoms with Crippen LogP contribution in [0.5, 0.6) is 0 Å². The molecule has 0 aliphatic rings. The molecule has 114 valence electrons. The molecule has 0 aliphatic heterocycles. The molecule has 0 unspecified atom stereocenters. The molecule has 22 heavy (non-hydrogen) atoms. The van der Waals surface area contributed by atoms with Crippen LogP contribution in [0.3, 0.4) is 0 Å². The maximum absolute atomic E-state index is 12.1. The Morgan fingerprint density at radius 3 is 2.00 bits per heavy atom. The lowest BCUT2D eigenvalue weighted by molar-refractivity contribution is 0.0601. The van der Waals surface area contributed by atoms with Gasteiger partial charge in [0, 0.05) is 11.6 Å². The van der Waals surface area contributed by atoms with Crippen molar-refractivity contribution >= 4 is 23.5 Å². The van der Waals surface area contributed by atoms with E-state index in [9.17, 15) is 14.4 Å². The highest BCUT2D eigenvalue weighted by molar-refractivity contribution is 6.32. The fourth-order valence-electron chi connectivity index (χ4n) is 2.00. The number of rotatable bonds is 3. The molecule has 0 saturated carbocycles. The Morgan fingerprint density at radius 1 is 1.00 bits per heavy atom. The van der Waals surface area contributed by atoms with Crippen molar-refractivity contribution in [3.63, 3.8) is 0 Å². The van der Waals surface area contributed by atoms with Crippen LogP contribution in [0.15, 0.2) is 39.7 Å². The summed E-state index contributed by atoms with van der Waals surface area (Å²) >= 11 is 5.93. The molecule has 0 bridgehead atoms. The Bertz CT molecular complexity index is 759. The van der Waals surface area contributed by atoms with Crippen molar-refractivity contribution in [2.24, 2.45) is 0 Å². The number of carbonyl (C=O) groups excluding carboxylic acids is 2. The largest absolute Gasteiger partial charge is 0.465 e. The average molecular weight is 323 g/mol. The third kappa shape index (κ3) is 2.73. The number of halogens is 1. The van der Waals surface area contributed by atoms with E-state index in [1.165, 1.54) is 32.4 Å². The van der Waals surface area contributed by atoms with E-state index < -0.39 is 17.4 Å². The fourth-order valence-corrected chi connectivity index (χ4v) is 2.24. The molecule has 2 rings (SSSR count). The van der Waals surface area contributed by atoms with E-state index in [0.29, 0.717) is 0 Å². The van der Waals surface area contributed by atoms with E-state index in [1.54, 1.807) is 0 Å². The quantitative estimate of drug-likeness (QED) is 0.807. The normalized spacial score (nSPS) is 10.1. The van der Waals surface area contributed by atoms with E-state index in [2.05, 4.69) is 9.47 Å². The van der Waals surface area contributed by atoms with Gasteiger partial charge in [-0.15, -0.1) is 0 Å². The lowest BCUT2D eigenvalue weighted by Crippen LogP contribution is -2.14. The standard InChI is InChI=1S/C15H11ClO6/c1-20-14(18)8-4-3-5-9(15(19)21-2)11(8)12-10(17)6-7-22-13(12)16/h3-7H,1-2H3. The van der Waals surface area contributed by atoms with E-state index in [1.807, 2.05) is 0 Å². The zero-order chi connectivity index (χ0) is 16.3. The summed E-state index contributed by atoms with van der Waals surface area (Å²) in [6.07, 6.45) is 1.12. The number of ether oxygens (including phenoxy) is 2.